The van der Waals surface area contributed by atoms with Gasteiger partial charge < -0.3 is 37.2 Å². The summed E-state index contributed by atoms with van der Waals surface area (Å²) in [5.41, 5.74) is 2.95. The zero-order valence-electron chi connectivity index (χ0n) is 39.5. The van der Waals surface area contributed by atoms with Crippen LogP contribution in [0.5, 0.6) is 0 Å². The Morgan fingerprint density at radius 3 is 1.05 bits per heavy atom. The van der Waals surface area contributed by atoms with Crippen molar-refractivity contribution in [2.75, 3.05) is 55.7 Å². The predicted molar refractivity (Wildman–Crippen MR) is 264 cm³/mol. The highest BCUT2D eigenvalue weighted by atomic mass is 33.1. The molecule has 4 aromatic rings. The molecule has 0 fully saturated rings. The summed E-state index contributed by atoms with van der Waals surface area (Å²) >= 11 is 0. The van der Waals surface area contributed by atoms with Crippen LogP contribution in [0, 0.1) is 0 Å². The van der Waals surface area contributed by atoms with E-state index >= 15 is 0 Å². The first-order valence-corrected chi connectivity index (χ1v) is 29.5. The fraction of sp³-hybridized carbons (Fsp3) is 0.652. The molecule has 0 spiro atoms. The van der Waals surface area contributed by atoms with Gasteiger partial charge in [-0.15, -0.1) is 0 Å². The molecule has 358 valence electrons. The molecule has 0 bridgehead atoms. The number of hydrogen-bond acceptors (Lipinski definition) is 12. The Kier molecular flexibility index (Phi) is 25.6. The maximum Gasteiger partial charge on any atom is 0.500 e. The molecule has 2 amide bonds. The maximum atomic E-state index is 13.7. The van der Waals surface area contributed by atoms with Crippen LogP contribution >= 0.6 is 21.6 Å². The number of fused-ring (bicyclic) bond motifs is 2. The van der Waals surface area contributed by atoms with E-state index in [1.165, 1.54) is 98.6 Å². The van der Waals surface area contributed by atoms with E-state index in [1.54, 1.807) is 51.8 Å². The van der Waals surface area contributed by atoms with Gasteiger partial charge in [-0.2, -0.15) is 0 Å². The molecule has 0 aliphatic carbocycles. The molecule has 0 aliphatic rings. The van der Waals surface area contributed by atoms with Gasteiger partial charge in [0.15, 0.2) is 10.3 Å². The molecular formula is C46H76N6O8S2Si2. The number of unbranched alkanes of at least 4 members (excludes halogenated alkanes) is 18. The number of carbonyl (C=O) groups excluding carboxylic acids is 2. The quantitative estimate of drug-likeness (QED) is 0.0257. The Morgan fingerprint density at radius 2 is 0.734 bits per heavy atom. The van der Waals surface area contributed by atoms with E-state index in [2.05, 4.69) is 10.6 Å². The first-order chi connectivity index (χ1) is 31.3. The molecule has 18 heteroatoms. The van der Waals surface area contributed by atoms with Gasteiger partial charge in [-0.05, 0) is 71.5 Å². The highest BCUT2D eigenvalue weighted by Gasteiger charge is 2.37. The number of nitrogens with zero attached hydrogens (tertiary/aromatic N) is 4. The average Bonchev–Trinajstić information content (AvgIpc) is 3.90. The van der Waals surface area contributed by atoms with Crippen molar-refractivity contribution >= 4 is 73.3 Å². The fourth-order valence-electron chi connectivity index (χ4n) is 8.01. The van der Waals surface area contributed by atoms with Crippen molar-refractivity contribution in [2.24, 2.45) is 0 Å². The molecule has 0 radical (unpaired) electrons. The summed E-state index contributed by atoms with van der Waals surface area (Å²) in [5.74, 6) is 0. The van der Waals surface area contributed by atoms with Crippen LogP contribution in [0.2, 0.25) is 12.1 Å². The number of hydrogen-bond donors (Lipinski definition) is 2. The number of carbonyl (C=O) groups is 2. The first-order valence-electron chi connectivity index (χ1n) is 23.5. The molecule has 14 nitrogen and oxygen atoms in total. The summed E-state index contributed by atoms with van der Waals surface area (Å²) in [6.45, 7) is 1.19. The Hall–Kier alpha value is -2.79. The van der Waals surface area contributed by atoms with Crippen molar-refractivity contribution in [1.29, 1.82) is 0 Å². The fourth-order valence-corrected chi connectivity index (χ4v) is 13.6. The van der Waals surface area contributed by atoms with Crippen LogP contribution in [0.25, 0.3) is 22.1 Å². The number of amides is 2. The lowest BCUT2D eigenvalue weighted by Crippen LogP contribution is -2.42. The summed E-state index contributed by atoms with van der Waals surface area (Å²) < 4.78 is 36.4. The van der Waals surface area contributed by atoms with Gasteiger partial charge in [0, 0.05) is 67.8 Å². The monoisotopic (exact) mass is 960 g/mol. The van der Waals surface area contributed by atoms with E-state index in [1.807, 2.05) is 48.5 Å². The van der Waals surface area contributed by atoms with Gasteiger partial charge >= 0.3 is 29.7 Å². The third-order valence-electron chi connectivity index (χ3n) is 11.9. The van der Waals surface area contributed by atoms with Crippen LogP contribution < -0.4 is 10.6 Å². The normalized spacial score (nSPS) is 12.2. The van der Waals surface area contributed by atoms with E-state index in [4.69, 9.17) is 36.5 Å². The standard InChI is InChI=1S/C46H76N6O8S2Si2/c1-55-63(56-2,57-3)37-29-21-17-13-9-7-11-15-19-27-35-47-43(53)51-41-33-25-23-31-39(41)49-45(51)61-62-46-50-40-32-24-26-34-42(40)52(46)44(54)48-36-28-20-16-12-8-10-14-18-22-30-38-64(58-4,59-5)60-6/h23-26,31-34H,7-22,27-30,35-38H2,1-6H3,(H,47,53)(H,48,54). The third-order valence-corrected chi connectivity index (χ3v) is 19.6. The highest BCUT2D eigenvalue weighted by molar-refractivity contribution is 8.76. The Labute approximate surface area is 392 Å². The highest BCUT2D eigenvalue weighted by Crippen LogP contribution is 2.39. The molecule has 2 aromatic carbocycles. The van der Waals surface area contributed by atoms with Gasteiger partial charge in [-0.1, -0.05) is 127 Å². The van der Waals surface area contributed by atoms with Crippen molar-refractivity contribution in [3.05, 3.63) is 48.5 Å². The number of benzene rings is 2. The first kappa shape index (κ1) is 53.8. The van der Waals surface area contributed by atoms with Crippen LogP contribution in [0.1, 0.15) is 128 Å². The van der Waals surface area contributed by atoms with Gasteiger partial charge in [-0.3, -0.25) is 0 Å². The van der Waals surface area contributed by atoms with Crippen LogP contribution in [0.3, 0.4) is 0 Å². The summed E-state index contributed by atoms with van der Waals surface area (Å²) in [6, 6.07) is 16.6. The van der Waals surface area contributed by atoms with Crippen molar-refractivity contribution in [3.8, 4) is 0 Å². The second kappa shape index (κ2) is 30.5. The topological polar surface area (TPSA) is 149 Å². The number of rotatable bonds is 35. The molecule has 0 atom stereocenters. The lowest BCUT2D eigenvalue weighted by molar-refractivity contribution is 0.122. The number of nitrogens with one attached hydrogen (secondary N) is 2. The molecule has 2 heterocycles. The van der Waals surface area contributed by atoms with Crippen molar-refractivity contribution in [1.82, 2.24) is 29.7 Å². The van der Waals surface area contributed by atoms with E-state index in [9.17, 15) is 9.59 Å². The predicted octanol–water partition coefficient (Wildman–Crippen LogP) is 11.9. The van der Waals surface area contributed by atoms with Gasteiger partial charge in [0.1, 0.15) is 0 Å². The van der Waals surface area contributed by atoms with Gasteiger partial charge in [0.2, 0.25) is 0 Å². The molecule has 0 saturated heterocycles. The van der Waals surface area contributed by atoms with Crippen molar-refractivity contribution < 1.29 is 36.1 Å². The number of imidazole rings is 2. The van der Waals surface area contributed by atoms with Gasteiger partial charge in [-0.25, -0.2) is 28.7 Å². The maximum absolute atomic E-state index is 13.7. The summed E-state index contributed by atoms with van der Waals surface area (Å²) in [5, 5.41) is 7.32. The molecule has 2 N–H and O–H groups in total. The van der Waals surface area contributed by atoms with Crippen LogP contribution in [-0.2, 0) is 26.6 Å². The smallest absolute Gasteiger partial charge is 0.377 e. The minimum absolute atomic E-state index is 0.207. The second-order valence-electron chi connectivity index (χ2n) is 16.2. The molecule has 2 aromatic heterocycles. The van der Waals surface area contributed by atoms with E-state index in [0.29, 0.717) is 23.4 Å². The van der Waals surface area contributed by atoms with Gasteiger partial charge in [0.25, 0.3) is 0 Å². The zero-order chi connectivity index (χ0) is 45.9. The second-order valence-corrected chi connectivity index (χ2v) is 24.5. The van der Waals surface area contributed by atoms with E-state index in [0.717, 1.165) is 85.5 Å². The Morgan fingerprint density at radius 1 is 0.453 bits per heavy atom. The minimum Gasteiger partial charge on any atom is -0.377 e. The largest absolute Gasteiger partial charge is 0.500 e. The van der Waals surface area contributed by atoms with Crippen LogP contribution in [0.4, 0.5) is 9.59 Å². The van der Waals surface area contributed by atoms with Gasteiger partial charge in [0.05, 0.1) is 22.1 Å². The molecule has 0 saturated carbocycles. The summed E-state index contributed by atoms with van der Waals surface area (Å²) in [4.78, 5) is 37.0. The number of para-hydroxylation sites is 4. The minimum atomic E-state index is -2.45. The summed E-state index contributed by atoms with van der Waals surface area (Å²) in [6.07, 6.45) is 23.1. The Balaban J connectivity index is 1.16. The van der Waals surface area contributed by atoms with E-state index in [-0.39, 0.29) is 12.1 Å². The molecule has 64 heavy (non-hydrogen) atoms. The lowest BCUT2D eigenvalue weighted by atomic mass is 10.1. The van der Waals surface area contributed by atoms with Crippen molar-refractivity contribution in [3.63, 3.8) is 0 Å². The number of aromatic nitrogens is 4. The Bertz CT molecular complexity index is 1780. The molecule has 4 rings (SSSR count). The SMILES string of the molecule is CO[Si](CCCCCCCCCCCCNC(=O)n1c(SSc2nc3ccccc3n2C(=O)NCCCCCCCCCCCC[Si](OC)(OC)OC)nc2ccccc21)(OC)OC. The van der Waals surface area contributed by atoms with Crippen molar-refractivity contribution in [2.45, 2.75) is 151 Å². The lowest BCUT2D eigenvalue weighted by Gasteiger charge is -2.24. The third kappa shape index (κ3) is 17.1. The molecule has 0 unspecified atom stereocenters. The summed E-state index contributed by atoms with van der Waals surface area (Å²) in [7, 11) is 7.81. The van der Waals surface area contributed by atoms with Crippen LogP contribution in [0.15, 0.2) is 58.8 Å². The van der Waals surface area contributed by atoms with Crippen LogP contribution in [-0.4, -0.2) is 105 Å². The molecule has 0 aliphatic heterocycles. The average molecular weight is 961 g/mol. The molecular weight excluding hydrogens is 885 g/mol. The zero-order valence-corrected chi connectivity index (χ0v) is 43.1. The van der Waals surface area contributed by atoms with E-state index < -0.39 is 17.6 Å².